The number of rotatable bonds is 2. The first-order valence-electron chi connectivity index (χ1n) is 3.30. The highest BCUT2D eigenvalue weighted by molar-refractivity contribution is 14.1. The van der Waals surface area contributed by atoms with Crippen LogP contribution >= 0.6 is 50.1 Å². The monoisotopic (exact) mass is 376 g/mol. The van der Waals surface area contributed by atoms with Crippen LogP contribution in [0.25, 0.3) is 0 Å². The lowest BCUT2D eigenvalue weighted by atomic mass is 10.1. The fourth-order valence-electron chi connectivity index (χ4n) is 0.808. The Kier molecular flexibility index (Phi) is 4.12. The first kappa shape index (κ1) is 11.4. The molecule has 0 aromatic heterocycles. The number of carbonyl (C=O) groups is 1. The minimum atomic E-state index is -0.406. The van der Waals surface area contributed by atoms with E-state index in [1.165, 1.54) is 6.07 Å². The van der Waals surface area contributed by atoms with Gasteiger partial charge in [-0.2, -0.15) is 0 Å². The summed E-state index contributed by atoms with van der Waals surface area (Å²) >= 11 is 10.5. The number of alkyl halides is 1. The molecule has 0 unspecified atom stereocenters. The van der Waals surface area contributed by atoms with Crippen LogP contribution < -0.4 is 0 Å². The molecular weight excluding hydrogens is 373 g/mol. The number of Topliss-reactive ketones (excluding diaryl/α,β-unsaturated/α-hetero) is 1. The molecule has 0 amide bonds. The van der Waals surface area contributed by atoms with Crippen LogP contribution in [0.1, 0.15) is 10.4 Å². The molecule has 1 aromatic carbocycles. The van der Waals surface area contributed by atoms with Gasteiger partial charge in [-0.1, -0.05) is 27.5 Å². The summed E-state index contributed by atoms with van der Waals surface area (Å²) in [7, 11) is 0. The molecule has 13 heavy (non-hydrogen) atoms. The zero-order chi connectivity index (χ0) is 10.0. The van der Waals surface area contributed by atoms with Crippen molar-refractivity contribution in [3.05, 3.63) is 32.1 Å². The molecule has 0 aliphatic carbocycles. The lowest BCUT2D eigenvalue weighted by molar-refractivity contribution is 0.102. The number of carbonyl (C=O) groups excluding carboxylic acids is 1. The molecule has 0 saturated carbocycles. The number of ketones is 1. The van der Waals surface area contributed by atoms with Crippen molar-refractivity contribution >= 4 is 55.9 Å². The number of hydrogen-bond donors (Lipinski definition) is 0. The average Bonchev–Trinajstić information content (AvgIpc) is 2.10. The predicted molar refractivity (Wildman–Crippen MR) is 62.3 cm³/mol. The zero-order valence-corrected chi connectivity index (χ0v) is 10.8. The van der Waals surface area contributed by atoms with Crippen LogP contribution in [0.2, 0.25) is 5.02 Å². The van der Waals surface area contributed by atoms with Gasteiger partial charge in [-0.3, -0.25) is 4.79 Å². The van der Waals surface area contributed by atoms with Gasteiger partial charge in [-0.15, -0.1) is 0 Å². The summed E-state index contributed by atoms with van der Waals surface area (Å²) in [6.45, 7) is 0. The van der Waals surface area contributed by atoms with Crippen molar-refractivity contribution < 1.29 is 9.18 Å². The van der Waals surface area contributed by atoms with Crippen molar-refractivity contribution in [2.24, 2.45) is 0 Å². The Balaban J connectivity index is 3.23. The summed E-state index contributed by atoms with van der Waals surface area (Å²) < 4.78 is 13.3. The van der Waals surface area contributed by atoms with E-state index in [0.29, 0.717) is 9.13 Å². The van der Waals surface area contributed by atoms with E-state index in [2.05, 4.69) is 15.9 Å². The Morgan fingerprint density at radius 3 is 2.77 bits per heavy atom. The normalized spacial score (nSPS) is 10.2. The molecule has 0 radical (unpaired) electrons. The third-order valence-electron chi connectivity index (χ3n) is 1.43. The predicted octanol–water partition coefficient (Wildman–Crippen LogP) is 3.66. The maximum absolute atomic E-state index is 12.9. The van der Waals surface area contributed by atoms with Gasteiger partial charge in [0.1, 0.15) is 5.82 Å². The summed E-state index contributed by atoms with van der Waals surface area (Å²) in [6, 6.07) is 2.60. The van der Waals surface area contributed by atoms with Crippen molar-refractivity contribution in [2.45, 2.75) is 0 Å². The first-order valence-corrected chi connectivity index (χ1v) is 5.87. The van der Waals surface area contributed by atoms with Crippen LogP contribution in [0, 0.1) is 9.39 Å². The van der Waals surface area contributed by atoms with Gasteiger partial charge in [-0.25, -0.2) is 4.39 Å². The first-order chi connectivity index (χ1) is 6.06. The van der Waals surface area contributed by atoms with Crippen LogP contribution in [0.3, 0.4) is 0 Å². The van der Waals surface area contributed by atoms with Crippen LogP contribution in [-0.4, -0.2) is 11.1 Å². The molecule has 0 saturated heterocycles. The fourth-order valence-corrected chi connectivity index (χ4v) is 1.83. The highest BCUT2D eigenvalue weighted by Crippen LogP contribution is 2.22. The smallest absolute Gasteiger partial charge is 0.174 e. The third kappa shape index (κ3) is 2.63. The van der Waals surface area contributed by atoms with Crippen LogP contribution in [0.4, 0.5) is 4.39 Å². The topological polar surface area (TPSA) is 17.1 Å². The molecule has 1 rings (SSSR count). The van der Waals surface area contributed by atoms with Crippen molar-refractivity contribution in [2.75, 3.05) is 5.33 Å². The molecule has 0 bridgehead atoms. The molecule has 0 aliphatic heterocycles. The van der Waals surface area contributed by atoms with Crippen LogP contribution in [0.15, 0.2) is 12.1 Å². The van der Waals surface area contributed by atoms with Gasteiger partial charge in [0, 0.05) is 9.13 Å². The van der Waals surface area contributed by atoms with Gasteiger partial charge in [0.25, 0.3) is 0 Å². The van der Waals surface area contributed by atoms with Gasteiger partial charge in [0.15, 0.2) is 5.78 Å². The van der Waals surface area contributed by atoms with E-state index in [-0.39, 0.29) is 16.1 Å². The molecule has 5 heteroatoms. The van der Waals surface area contributed by atoms with E-state index in [1.54, 1.807) is 0 Å². The minimum Gasteiger partial charge on any atom is -0.293 e. The van der Waals surface area contributed by atoms with Crippen LogP contribution in [-0.2, 0) is 0 Å². The summed E-state index contributed by atoms with van der Waals surface area (Å²) in [5, 5.41) is 0.344. The van der Waals surface area contributed by atoms with Crippen LogP contribution in [0.5, 0.6) is 0 Å². The van der Waals surface area contributed by atoms with Crippen molar-refractivity contribution in [1.82, 2.24) is 0 Å². The Morgan fingerprint density at radius 1 is 1.62 bits per heavy atom. The second-order valence-corrected chi connectivity index (χ2v) is 4.43. The lowest BCUT2D eigenvalue weighted by Gasteiger charge is -2.02. The van der Waals surface area contributed by atoms with E-state index < -0.39 is 5.82 Å². The molecule has 0 heterocycles. The fraction of sp³-hybridized carbons (Fsp3) is 0.125. The zero-order valence-electron chi connectivity index (χ0n) is 6.28. The SMILES string of the molecule is O=C(CBr)c1cc(I)c(F)cc1Cl. The van der Waals surface area contributed by atoms with Gasteiger partial charge in [0.2, 0.25) is 0 Å². The standard InChI is InChI=1S/C8H4BrClFIO/c9-3-8(13)4-1-7(12)6(11)2-5(4)10/h1-2H,3H2. The van der Waals surface area contributed by atoms with Gasteiger partial charge in [-0.05, 0) is 34.7 Å². The number of halogens is 4. The highest BCUT2D eigenvalue weighted by Gasteiger charge is 2.12. The number of benzene rings is 1. The maximum atomic E-state index is 12.9. The average molecular weight is 377 g/mol. The lowest BCUT2D eigenvalue weighted by Crippen LogP contribution is -2.02. The van der Waals surface area contributed by atoms with Crippen molar-refractivity contribution in [1.29, 1.82) is 0 Å². The largest absolute Gasteiger partial charge is 0.293 e. The van der Waals surface area contributed by atoms with Gasteiger partial charge >= 0.3 is 0 Å². The van der Waals surface area contributed by atoms with E-state index in [0.717, 1.165) is 6.07 Å². The van der Waals surface area contributed by atoms with E-state index in [1.807, 2.05) is 22.6 Å². The molecule has 0 fully saturated rings. The van der Waals surface area contributed by atoms with Crippen molar-refractivity contribution in [3.63, 3.8) is 0 Å². The minimum absolute atomic E-state index is 0.150. The maximum Gasteiger partial charge on any atom is 0.174 e. The Labute approximate surface area is 102 Å². The molecule has 0 aliphatic rings. The Morgan fingerprint density at radius 2 is 2.23 bits per heavy atom. The summed E-state index contributed by atoms with van der Waals surface area (Å²) in [4.78, 5) is 11.2. The van der Waals surface area contributed by atoms with Crippen molar-refractivity contribution in [3.8, 4) is 0 Å². The molecule has 0 spiro atoms. The van der Waals surface area contributed by atoms with E-state index in [4.69, 9.17) is 11.6 Å². The molecule has 1 nitrogen and oxygen atoms in total. The summed E-state index contributed by atoms with van der Waals surface area (Å²) in [5.74, 6) is -0.556. The quantitative estimate of drug-likeness (QED) is 0.333. The molecule has 70 valence electrons. The second kappa shape index (κ2) is 4.70. The van der Waals surface area contributed by atoms with E-state index >= 15 is 0 Å². The molecule has 0 N–H and O–H groups in total. The Hall–Kier alpha value is 0.320. The third-order valence-corrected chi connectivity index (χ3v) is 3.08. The summed E-state index contributed by atoms with van der Waals surface area (Å²) in [6.07, 6.45) is 0. The van der Waals surface area contributed by atoms with Gasteiger partial charge < -0.3 is 0 Å². The van der Waals surface area contributed by atoms with E-state index in [9.17, 15) is 9.18 Å². The van der Waals surface area contributed by atoms with Gasteiger partial charge in [0.05, 0.1) is 10.4 Å². The second-order valence-electron chi connectivity index (χ2n) is 2.30. The Bertz CT molecular complexity index is 356. The molecule has 1 aromatic rings. The molecular formula is C8H4BrClFIO. The number of hydrogen-bond acceptors (Lipinski definition) is 1. The molecule has 0 atom stereocenters. The summed E-state index contributed by atoms with van der Waals surface area (Å²) in [5.41, 5.74) is 0.351. The highest BCUT2D eigenvalue weighted by atomic mass is 127.